The molecular weight excluding hydrogens is 420 g/mol. The maximum absolute atomic E-state index is 12.8. The molecule has 34 heavy (non-hydrogen) atoms. The van der Waals surface area contributed by atoms with Crippen LogP contribution in [0.2, 0.25) is 0 Å². The number of nitrogens with one attached hydrogen (secondary N) is 1. The van der Waals surface area contributed by atoms with Gasteiger partial charge in [0.1, 0.15) is 12.4 Å². The molecule has 4 rings (SSSR count). The van der Waals surface area contributed by atoms with Gasteiger partial charge in [-0.2, -0.15) is 0 Å². The van der Waals surface area contributed by atoms with Crippen molar-refractivity contribution < 1.29 is 9.53 Å². The van der Waals surface area contributed by atoms with Crippen molar-refractivity contribution >= 4 is 11.5 Å². The second kappa shape index (κ2) is 11.7. The van der Waals surface area contributed by atoms with Gasteiger partial charge in [0, 0.05) is 24.2 Å². The molecule has 1 saturated heterocycles. The number of piperidine rings is 1. The quantitative estimate of drug-likeness (QED) is 0.458. The number of nitrogens with zero attached hydrogens (tertiary/aromatic N) is 1. The van der Waals surface area contributed by atoms with Crippen LogP contribution in [0, 0.1) is 0 Å². The number of carbonyl (C=O) groups is 1. The molecule has 0 radical (unpaired) electrons. The van der Waals surface area contributed by atoms with E-state index < -0.39 is 0 Å². The number of rotatable bonds is 8. The summed E-state index contributed by atoms with van der Waals surface area (Å²) >= 11 is 0. The van der Waals surface area contributed by atoms with Crippen LogP contribution in [0.1, 0.15) is 53.7 Å². The molecule has 0 bridgehead atoms. The summed E-state index contributed by atoms with van der Waals surface area (Å²) < 4.78 is 6.33. The van der Waals surface area contributed by atoms with Crippen LogP contribution in [0.3, 0.4) is 0 Å². The van der Waals surface area contributed by atoms with E-state index in [1.165, 1.54) is 11.1 Å². The molecule has 0 aliphatic carbocycles. The Labute approximate surface area is 203 Å². The van der Waals surface area contributed by atoms with Gasteiger partial charge < -0.3 is 15.0 Å². The first kappa shape index (κ1) is 23.8. The maximum Gasteiger partial charge on any atom is 0.253 e. The largest absolute Gasteiger partial charge is 0.488 e. The van der Waals surface area contributed by atoms with Gasteiger partial charge in [-0.1, -0.05) is 66.2 Å². The number of para-hydroxylation sites is 1. The van der Waals surface area contributed by atoms with Gasteiger partial charge in [-0.25, -0.2) is 0 Å². The van der Waals surface area contributed by atoms with Gasteiger partial charge in [-0.15, -0.1) is 0 Å². The monoisotopic (exact) mass is 454 g/mol. The SMILES string of the molecule is CCN(CC)C(=O)c1ccc(C(=C2CCNCC2)c2ccccc2OCc2ccccc2)cc1. The minimum Gasteiger partial charge on any atom is -0.488 e. The highest BCUT2D eigenvalue weighted by Crippen LogP contribution is 2.36. The van der Waals surface area contributed by atoms with Crippen LogP contribution >= 0.6 is 0 Å². The van der Waals surface area contributed by atoms with Crippen LogP contribution in [0.15, 0.2) is 84.4 Å². The molecule has 4 nitrogen and oxygen atoms in total. The van der Waals surface area contributed by atoms with Crippen molar-refractivity contribution in [3.8, 4) is 5.75 Å². The lowest BCUT2D eigenvalue weighted by atomic mass is 9.88. The third kappa shape index (κ3) is 5.57. The van der Waals surface area contributed by atoms with E-state index in [1.807, 2.05) is 55.1 Å². The number of ether oxygens (including phenoxy) is 1. The molecule has 1 heterocycles. The Morgan fingerprint density at radius 2 is 1.44 bits per heavy atom. The number of carbonyl (C=O) groups excluding carboxylic acids is 1. The van der Waals surface area contributed by atoms with Crippen molar-refractivity contribution in [3.63, 3.8) is 0 Å². The Hall–Kier alpha value is -3.37. The predicted octanol–water partition coefficient (Wildman–Crippen LogP) is 5.93. The summed E-state index contributed by atoms with van der Waals surface area (Å²) in [6.07, 6.45) is 2.00. The molecule has 3 aromatic carbocycles. The number of hydrogen-bond donors (Lipinski definition) is 1. The highest BCUT2D eigenvalue weighted by Gasteiger charge is 2.19. The van der Waals surface area contributed by atoms with Crippen molar-refractivity contribution in [2.75, 3.05) is 26.2 Å². The van der Waals surface area contributed by atoms with E-state index in [0.29, 0.717) is 19.7 Å². The second-order valence-corrected chi connectivity index (χ2v) is 8.55. The van der Waals surface area contributed by atoms with E-state index in [2.05, 4.69) is 47.8 Å². The van der Waals surface area contributed by atoms with Crippen LogP contribution in [-0.4, -0.2) is 37.0 Å². The molecule has 176 valence electrons. The first-order chi connectivity index (χ1) is 16.7. The third-order valence-corrected chi connectivity index (χ3v) is 6.43. The highest BCUT2D eigenvalue weighted by atomic mass is 16.5. The zero-order valence-corrected chi connectivity index (χ0v) is 20.2. The van der Waals surface area contributed by atoms with Crippen LogP contribution in [-0.2, 0) is 6.61 Å². The molecule has 1 aliphatic heterocycles. The van der Waals surface area contributed by atoms with Gasteiger partial charge >= 0.3 is 0 Å². The molecule has 0 atom stereocenters. The summed E-state index contributed by atoms with van der Waals surface area (Å²) in [5.74, 6) is 0.967. The molecule has 0 saturated carbocycles. The minimum absolute atomic E-state index is 0.0826. The lowest BCUT2D eigenvalue weighted by Gasteiger charge is -2.23. The van der Waals surface area contributed by atoms with Gasteiger partial charge in [0.2, 0.25) is 0 Å². The predicted molar refractivity (Wildman–Crippen MR) is 139 cm³/mol. The molecule has 3 aromatic rings. The van der Waals surface area contributed by atoms with Gasteiger partial charge in [0.25, 0.3) is 5.91 Å². The summed E-state index contributed by atoms with van der Waals surface area (Å²) in [5.41, 5.74) is 6.77. The third-order valence-electron chi connectivity index (χ3n) is 6.43. The van der Waals surface area contributed by atoms with E-state index in [4.69, 9.17) is 4.74 Å². The van der Waals surface area contributed by atoms with E-state index >= 15 is 0 Å². The Bertz CT molecular complexity index is 1110. The second-order valence-electron chi connectivity index (χ2n) is 8.55. The summed E-state index contributed by atoms with van der Waals surface area (Å²) in [6, 6.07) is 26.7. The van der Waals surface area contributed by atoms with Gasteiger partial charge in [0.05, 0.1) is 0 Å². The molecule has 0 aromatic heterocycles. The molecule has 4 heteroatoms. The molecule has 1 fully saturated rings. The first-order valence-electron chi connectivity index (χ1n) is 12.3. The highest BCUT2D eigenvalue weighted by molar-refractivity contribution is 5.95. The molecule has 0 unspecified atom stereocenters. The fraction of sp³-hybridized carbons (Fsp3) is 0.300. The first-order valence-corrected chi connectivity index (χ1v) is 12.3. The Morgan fingerprint density at radius 1 is 0.824 bits per heavy atom. The Kier molecular flexibility index (Phi) is 8.16. The van der Waals surface area contributed by atoms with Crippen molar-refractivity contribution in [2.45, 2.75) is 33.3 Å². The zero-order valence-electron chi connectivity index (χ0n) is 20.2. The summed E-state index contributed by atoms with van der Waals surface area (Å²) in [6.45, 7) is 7.94. The van der Waals surface area contributed by atoms with Crippen molar-refractivity contribution in [1.82, 2.24) is 10.2 Å². The van der Waals surface area contributed by atoms with Crippen LogP contribution in [0.4, 0.5) is 0 Å². The lowest BCUT2D eigenvalue weighted by molar-refractivity contribution is 0.0773. The van der Waals surface area contributed by atoms with E-state index in [9.17, 15) is 4.79 Å². The van der Waals surface area contributed by atoms with Crippen LogP contribution < -0.4 is 10.1 Å². The average molecular weight is 455 g/mol. The minimum atomic E-state index is 0.0826. The smallest absolute Gasteiger partial charge is 0.253 e. The van der Waals surface area contributed by atoms with E-state index in [1.54, 1.807) is 0 Å². The van der Waals surface area contributed by atoms with Gasteiger partial charge in [-0.3, -0.25) is 4.79 Å². The van der Waals surface area contributed by atoms with Crippen LogP contribution in [0.25, 0.3) is 5.57 Å². The number of amides is 1. The topological polar surface area (TPSA) is 41.6 Å². The molecular formula is C30H34N2O2. The average Bonchev–Trinajstić information content (AvgIpc) is 2.90. The van der Waals surface area contributed by atoms with Crippen LogP contribution in [0.5, 0.6) is 5.75 Å². The zero-order chi connectivity index (χ0) is 23.8. The number of benzene rings is 3. The van der Waals surface area contributed by atoms with E-state index in [0.717, 1.165) is 53.9 Å². The van der Waals surface area contributed by atoms with Gasteiger partial charge in [-0.05, 0) is 74.7 Å². The Balaban J connectivity index is 1.69. The van der Waals surface area contributed by atoms with Crippen molar-refractivity contribution in [1.29, 1.82) is 0 Å². The summed E-state index contributed by atoms with van der Waals surface area (Å²) in [7, 11) is 0. The molecule has 1 N–H and O–H groups in total. The summed E-state index contributed by atoms with van der Waals surface area (Å²) in [4.78, 5) is 14.7. The van der Waals surface area contributed by atoms with Crippen molar-refractivity contribution in [3.05, 3.63) is 107 Å². The lowest BCUT2D eigenvalue weighted by Crippen LogP contribution is -2.30. The fourth-order valence-corrected chi connectivity index (χ4v) is 4.54. The number of hydrogen-bond acceptors (Lipinski definition) is 3. The van der Waals surface area contributed by atoms with E-state index in [-0.39, 0.29) is 5.91 Å². The maximum atomic E-state index is 12.8. The van der Waals surface area contributed by atoms with Crippen molar-refractivity contribution in [2.24, 2.45) is 0 Å². The fourth-order valence-electron chi connectivity index (χ4n) is 4.54. The Morgan fingerprint density at radius 3 is 2.12 bits per heavy atom. The normalized spacial score (nSPS) is 13.4. The molecule has 1 amide bonds. The summed E-state index contributed by atoms with van der Waals surface area (Å²) in [5, 5.41) is 3.47. The molecule has 1 aliphatic rings. The van der Waals surface area contributed by atoms with Gasteiger partial charge in [0.15, 0.2) is 0 Å². The molecule has 0 spiro atoms. The standard InChI is InChI=1S/C30H34N2O2/c1-3-32(4-2)30(33)26-16-14-24(15-17-26)29(25-18-20-31-21-19-25)27-12-8-9-13-28(27)34-22-23-10-6-5-7-11-23/h5-17,31H,3-4,18-22H2,1-2H3.